The fourth-order valence-corrected chi connectivity index (χ4v) is 4.69. The van der Waals surface area contributed by atoms with Crippen LogP contribution in [0.1, 0.15) is 32.3 Å². The van der Waals surface area contributed by atoms with Crippen molar-refractivity contribution in [1.29, 1.82) is 0 Å². The van der Waals surface area contributed by atoms with Crippen LogP contribution in [-0.2, 0) is 14.6 Å². The van der Waals surface area contributed by atoms with E-state index in [0.29, 0.717) is 24.6 Å². The lowest BCUT2D eigenvalue weighted by Crippen LogP contribution is -2.25. The number of benzene rings is 2. The predicted octanol–water partition coefficient (Wildman–Crippen LogP) is 3.56. The summed E-state index contributed by atoms with van der Waals surface area (Å²) >= 11 is 0. The molecule has 0 radical (unpaired) electrons. The highest BCUT2D eigenvalue weighted by atomic mass is 32.2. The van der Waals surface area contributed by atoms with E-state index in [1.165, 1.54) is 43.5 Å². The SMILES string of the molecule is CCN(CC)c1ncc(NCS(=O)(=O)c2ccccc2)c(Nc2cc(OC(N)=O)ccc2C(C)C(=O)O)n1. The maximum absolute atomic E-state index is 12.9. The van der Waals surface area contributed by atoms with Gasteiger partial charge in [-0.05, 0) is 44.5 Å². The molecule has 38 heavy (non-hydrogen) atoms. The van der Waals surface area contributed by atoms with Crippen LogP contribution < -0.4 is 26.0 Å². The Bertz CT molecular complexity index is 1400. The number of nitrogens with one attached hydrogen (secondary N) is 2. The number of aliphatic carboxylic acids is 1. The van der Waals surface area contributed by atoms with Gasteiger partial charge in [0.15, 0.2) is 15.7 Å². The van der Waals surface area contributed by atoms with Crippen molar-refractivity contribution >= 4 is 45.0 Å². The smallest absolute Gasteiger partial charge is 0.409 e. The average Bonchev–Trinajstić information content (AvgIpc) is 2.89. The number of amides is 1. The summed E-state index contributed by atoms with van der Waals surface area (Å²) in [5.74, 6) is -1.79. The number of sulfone groups is 1. The minimum Gasteiger partial charge on any atom is -0.481 e. The summed E-state index contributed by atoms with van der Waals surface area (Å²) in [6.45, 7) is 6.62. The van der Waals surface area contributed by atoms with Crippen molar-refractivity contribution in [1.82, 2.24) is 9.97 Å². The Morgan fingerprint density at radius 2 is 1.79 bits per heavy atom. The number of carboxylic acids is 1. The van der Waals surface area contributed by atoms with E-state index in [-0.39, 0.29) is 27.8 Å². The van der Waals surface area contributed by atoms with Gasteiger partial charge in [-0.2, -0.15) is 4.98 Å². The number of anilines is 4. The fraction of sp³-hybridized carbons (Fsp3) is 0.280. The third-order valence-corrected chi connectivity index (χ3v) is 7.23. The first-order chi connectivity index (χ1) is 18.1. The third kappa shape index (κ3) is 6.88. The molecule has 0 aliphatic carbocycles. The zero-order valence-electron chi connectivity index (χ0n) is 21.2. The topological polar surface area (TPSA) is 177 Å². The molecule has 5 N–H and O–H groups in total. The zero-order valence-corrected chi connectivity index (χ0v) is 22.0. The van der Waals surface area contributed by atoms with Crippen molar-refractivity contribution in [3.05, 3.63) is 60.3 Å². The highest BCUT2D eigenvalue weighted by Crippen LogP contribution is 2.33. The maximum Gasteiger partial charge on any atom is 0.409 e. The maximum atomic E-state index is 12.9. The van der Waals surface area contributed by atoms with Crippen molar-refractivity contribution < 1.29 is 27.9 Å². The summed E-state index contributed by atoms with van der Waals surface area (Å²) in [6, 6.07) is 12.3. The predicted molar refractivity (Wildman–Crippen MR) is 144 cm³/mol. The molecular formula is C25H30N6O6S. The number of hydrogen-bond donors (Lipinski definition) is 4. The number of rotatable bonds is 12. The fourth-order valence-electron chi connectivity index (χ4n) is 3.60. The quantitative estimate of drug-likeness (QED) is 0.263. The molecule has 1 unspecified atom stereocenters. The molecule has 1 aromatic heterocycles. The Hall–Kier alpha value is -4.39. The van der Waals surface area contributed by atoms with E-state index < -0.39 is 33.7 Å². The van der Waals surface area contributed by atoms with Crippen molar-refractivity contribution in [2.75, 3.05) is 34.5 Å². The van der Waals surface area contributed by atoms with Gasteiger partial charge in [0.1, 0.15) is 11.6 Å². The molecule has 12 nitrogen and oxygen atoms in total. The molecule has 0 aliphatic rings. The number of aromatic nitrogens is 2. The van der Waals surface area contributed by atoms with Crippen LogP contribution in [0, 0.1) is 0 Å². The summed E-state index contributed by atoms with van der Waals surface area (Å²) in [4.78, 5) is 34.1. The molecule has 1 atom stereocenters. The molecule has 0 bridgehead atoms. The number of hydrogen-bond acceptors (Lipinski definition) is 10. The molecule has 2 aromatic carbocycles. The molecule has 3 rings (SSSR count). The van der Waals surface area contributed by atoms with Gasteiger partial charge in [-0.25, -0.2) is 18.2 Å². The average molecular weight is 543 g/mol. The van der Waals surface area contributed by atoms with Gasteiger partial charge < -0.3 is 31.1 Å². The van der Waals surface area contributed by atoms with Crippen LogP contribution in [-0.4, -0.2) is 54.5 Å². The van der Waals surface area contributed by atoms with Gasteiger partial charge in [-0.15, -0.1) is 0 Å². The van der Waals surface area contributed by atoms with Crippen LogP contribution in [0.25, 0.3) is 0 Å². The highest BCUT2D eigenvalue weighted by Gasteiger charge is 2.21. The third-order valence-electron chi connectivity index (χ3n) is 5.71. The Balaban J connectivity index is 2.05. The van der Waals surface area contributed by atoms with E-state index in [1.54, 1.807) is 18.2 Å². The molecule has 13 heteroatoms. The van der Waals surface area contributed by atoms with Gasteiger partial charge in [-0.3, -0.25) is 4.79 Å². The van der Waals surface area contributed by atoms with E-state index >= 15 is 0 Å². The lowest BCUT2D eigenvalue weighted by atomic mass is 9.99. The number of ether oxygens (including phenoxy) is 1. The van der Waals surface area contributed by atoms with Crippen LogP contribution in [0.3, 0.4) is 0 Å². The van der Waals surface area contributed by atoms with E-state index in [0.717, 1.165) is 0 Å². The van der Waals surface area contributed by atoms with Gasteiger partial charge in [-0.1, -0.05) is 24.3 Å². The molecule has 0 aliphatic heterocycles. The van der Waals surface area contributed by atoms with Crippen LogP contribution >= 0.6 is 0 Å². The molecule has 1 amide bonds. The number of nitrogens with two attached hydrogens (primary N) is 1. The van der Waals surface area contributed by atoms with Crippen molar-refractivity contribution in [2.24, 2.45) is 5.73 Å². The Morgan fingerprint density at radius 3 is 2.39 bits per heavy atom. The zero-order chi connectivity index (χ0) is 27.9. The van der Waals surface area contributed by atoms with E-state index in [9.17, 15) is 23.1 Å². The lowest BCUT2D eigenvalue weighted by molar-refractivity contribution is -0.138. The van der Waals surface area contributed by atoms with Crippen LogP contribution in [0.2, 0.25) is 0 Å². The highest BCUT2D eigenvalue weighted by molar-refractivity contribution is 7.91. The van der Waals surface area contributed by atoms with Crippen LogP contribution in [0.5, 0.6) is 5.75 Å². The summed E-state index contributed by atoms with van der Waals surface area (Å²) in [5, 5.41) is 15.6. The van der Waals surface area contributed by atoms with E-state index in [1.807, 2.05) is 18.7 Å². The second-order valence-corrected chi connectivity index (χ2v) is 10.2. The Labute approximate surface area is 220 Å². The standard InChI is InChI=1S/C25H30N6O6S/c1-4-31(5-2)25-27-14-21(28-15-38(35,36)18-9-7-6-8-10-18)22(30-25)29-20-13-17(37-24(26)34)11-12-19(20)16(3)23(32)33/h6-14,16,28H,4-5,15H2,1-3H3,(H2,26,34)(H,32,33)(H,27,29,30). The first-order valence-corrected chi connectivity index (χ1v) is 13.5. The molecule has 202 valence electrons. The summed E-state index contributed by atoms with van der Waals surface area (Å²) < 4.78 is 30.7. The number of primary amides is 1. The molecule has 1 heterocycles. The normalized spacial score (nSPS) is 11.9. The minimum absolute atomic E-state index is 0.0838. The monoisotopic (exact) mass is 542 g/mol. The van der Waals surface area contributed by atoms with Gasteiger partial charge >= 0.3 is 12.1 Å². The first kappa shape index (κ1) is 28.2. The summed E-state index contributed by atoms with van der Waals surface area (Å²) in [7, 11) is -3.69. The summed E-state index contributed by atoms with van der Waals surface area (Å²) in [6.07, 6.45) is 0.419. The number of carbonyl (C=O) groups excluding carboxylic acids is 1. The molecule has 0 spiro atoms. The van der Waals surface area contributed by atoms with Crippen molar-refractivity contribution in [2.45, 2.75) is 31.6 Å². The summed E-state index contributed by atoms with van der Waals surface area (Å²) in [5.41, 5.74) is 6.05. The molecular weight excluding hydrogens is 512 g/mol. The van der Waals surface area contributed by atoms with Gasteiger partial charge in [0.2, 0.25) is 5.95 Å². The lowest BCUT2D eigenvalue weighted by Gasteiger charge is -2.22. The molecule has 0 saturated carbocycles. The van der Waals surface area contributed by atoms with Crippen LogP contribution in [0.15, 0.2) is 59.6 Å². The van der Waals surface area contributed by atoms with Crippen LogP contribution in [0.4, 0.5) is 27.9 Å². The van der Waals surface area contributed by atoms with Gasteiger partial charge in [0.25, 0.3) is 0 Å². The van der Waals surface area contributed by atoms with Gasteiger partial charge in [0.05, 0.1) is 22.7 Å². The van der Waals surface area contributed by atoms with E-state index in [4.69, 9.17) is 10.5 Å². The molecule has 3 aromatic rings. The van der Waals surface area contributed by atoms with Crippen molar-refractivity contribution in [3.8, 4) is 5.75 Å². The molecule has 0 saturated heterocycles. The Kier molecular flexibility index (Phi) is 9.07. The largest absolute Gasteiger partial charge is 0.481 e. The first-order valence-electron chi connectivity index (χ1n) is 11.8. The minimum atomic E-state index is -3.69. The molecule has 0 fully saturated rings. The Morgan fingerprint density at radius 1 is 1.11 bits per heavy atom. The van der Waals surface area contributed by atoms with Gasteiger partial charge in [0, 0.05) is 24.8 Å². The van der Waals surface area contributed by atoms with E-state index in [2.05, 4.69) is 20.6 Å². The number of carboxylic acid groups (broad SMARTS) is 1. The number of nitrogens with zero attached hydrogens (tertiary/aromatic N) is 3. The second-order valence-electron chi connectivity index (χ2n) is 8.21. The number of carbonyl (C=O) groups is 2. The van der Waals surface area contributed by atoms with Crippen molar-refractivity contribution in [3.63, 3.8) is 0 Å². The second kappa shape index (κ2) is 12.2.